The highest BCUT2D eigenvalue weighted by Crippen LogP contribution is 2.29. The molecule has 0 saturated heterocycles. The first-order chi connectivity index (χ1) is 36.6. The Hall–Kier alpha value is -10.1. The highest BCUT2D eigenvalue weighted by atomic mass is 35.5. The summed E-state index contributed by atoms with van der Waals surface area (Å²) in [5.41, 5.74) is 29.9. The van der Waals surface area contributed by atoms with Crippen LogP contribution in [0.2, 0.25) is 10.0 Å². The van der Waals surface area contributed by atoms with Crippen molar-refractivity contribution in [3.05, 3.63) is 143 Å². The lowest BCUT2D eigenvalue weighted by molar-refractivity contribution is -0.136. The van der Waals surface area contributed by atoms with E-state index in [-0.39, 0.29) is 18.1 Å². The molecule has 6 atom stereocenters. The predicted molar refractivity (Wildman–Crippen MR) is 286 cm³/mol. The van der Waals surface area contributed by atoms with Crippen LogP contribution in [0.1, 0.15) is 17.2 Å². The molecule has 77 heavy (non-hydrogen) atoms. The molecule has 6 unspecified atom stereocenters. The number of amides is 6. The fourth-order valence-corrected chi connectivity index (χ4v) is 7.02. The Morgan fingerprint density at radius 2 is 0.909 bits per heavy atom. The van der Waals surface area contributed by atoms with Crippen molar-refractivity contribution >= 4 is 94.5 Å². The number of carbonyl (C=O) groups excluding carboxylic acids is 6. The normalized spacial score (nSPS) is 13.1. The van der Waals surface area contributed by atoms with Crippen LogP contribution in [0.25, 0.3) is 28.6 Å². The standard InChI is InChI=1S/C47H53Cl2N21O7/c48-27-17-13-24(14-18-27)29-22-30(25-15-19-28(49)20-16-25)60-47(59-29)70(21-7-10-23-8-3-1-4-9-23)42(77)41(76)61-31(26-11-5-2-6-12-26)37(72)63-34(67-44(53)54)39(74)65-36(69-46(57)58)40(75)64-35(68-45(55)56)38(73)62-33(32(50)71)66-43(51)52/h1-20,22,31,33-36,42,77H,21H2,(H2,50,71)(H,61,76)(H,62,73)(H,63,72)(H,64,75)(H,65,74)(H4,51,52,66)(H4,53,54,67)(H4,55,56,68)(H4,57,58,69)/b10-7-. The summed E-state index contributed by atoms with van der Waals surface area (Å²) in [6, 6.07) is 30.2. The van der Waals surface area contributed by atoms with Gasteiger partial charge in [-0.3, -0.25) is 50.4 Å². The van der Waals surface area contributed by atoms with Gasteiger partial charge in [0.25, 0.3) is 29.5 Å². The van der Waals surface area contributed by atoms with Crippen LogP contribution in [0.3, 0.4) is 0 Å². The van der Waals surface area contributed by atoms with Gasteiger partial charge in [0.2, 0.25) is 18.1 Å². The number of nitrogens with one attached hydrogen (secondary N) is 13. The summed E-state index contributed by atoms with van der Waals surface area (Å²) >= 11 is 12.4. The van der Waals surface area contributed by atoms with Gasteiger partial charge in [0.1, 0.15) is 6.04 Å². The van der Waals surface area contributed by atoms with E-state index in [4.69, 9.17) is 83.5 Å². The third-order valence-electron chi connectivity index (χ3n) is 10.3. The van der Waals surface area contributed by atoms with Crippen molar-refractivity contribution in [3.8, 4) is 22.5 Å². The van der Waals surface area contributed by atoms with Crippen molar-refractivity contribution in [1.82, 2.24) is 57.8 Å². The number of nitrogens with two attached hydrogens (primary N) is 5. The van der Waals surface area contributed by atoms with E-state index in [0.717, 1.165) is 5.56 Å². The summed E-state index contributed by atoms with van der Waals surface area (Å²) in [7, 11) is 0. The minimum Gasteiger partial charge on any atom is -0.370 e. The Balaban J connectivity index is 1.47. The number of aromatic nitrogens is 2. The molecule has 402 valence electrons. The number of aliphatic hydroxyl groups is 1. The zero-order valence-electron chi connectivity index (χ0n) is 40.2. The Bertz CT molecular complexity index is 2950. The van der Waals surface area contributed by atoms with E-state index in [2.05, 4.69) is 42.5 Å². The molecule has 28 nitrogen and oxygen atoms in total. The highest BCUT2D eigenvalue weighted by Gasteiger charge is 2.35. The second-order valence-corrected chi connectivity index (χ2v) is 16.9. The van der Waals surface area contributed by atoms with Crippen molar-refractivity contribution in [2.75, 3.05) is 11.4 Å². The molecule has 30 heteroatoms. The van der Waals surface area contributed by atoms with E-state index >= 15 is 0 Å². The second kappa shape index (κ2) is 27.3. The maximum absolute atomic E-state index is 14.5. The number of guanidine groups is 4. The van der Waals surface area contributed by atoms with E-state index in [0.29, 0.717) is 32.6 Å². The molecule has 0 saturated carbocycles. The molecule has 0 aliphatic heterocycles. The van der Waals surface area contributed by atoms with Gasteiger partial charge in [-0.15, -0.1) is 0 Å². The zero-order valence-corrected chi connectivity index (χ0v) is 41.7. The number of benzene rings is 4. The van der Waals surface area contributed by atoms with E-state index in [9.17, 15) is 33.9 Å². The molecule has 0 spiro atoms. The Labute approximate surface area is 448 Å². The average Bonchev–Trinajstić information content (AvgIpc) is 3.38. The molecule has 1 heterocycles. The maximum atomic E-state index is 14.5. The summed E-state index contributed by atoms with van der Waals surface area (Å²) in [6.45, 7) is -0.190. The lowest BCUT2D eigenvalue weighted by atomic mass is 10.1. The van der Waals surface area contributed by atoms with E-state index in [1.807, 2.05) is 35.6 Å². The van der Waals surface area contributed by atoms with E-state index < -0.39 is 96.2 Å². The molecule has 0 fully saturated rings. The maximum Gasteiger partial charge on any atom is 0.271 e. The van der Waals surface area contributed by atoms with E-state index in [1.54, 1.807) is 72.8 Å². The smallest absolute Gasteiger partial charge is 0.271 e. The third-order valence-corrected chi connectivity index (χ3v) is 10.8. The molecule has 0 radical (unpaired) electrons. The van der Waals surface area contributed by atoms with Crippen molar-refractivity contribution < 1.29 is 33.9 Å². The SMILES string of the molecule is N=C(N)NC(NC(=O)C(NC(=N)N)NC(=O)C(NC(=N)N)NC(=O)C(NC(=N)N)NC(=O)C(NC(=O)C(O)N(C/C=C\c1ccccc1)c1nc(-c2ccc(Cl)cc2)cc(-c2ccc(Cl)cc2)n1)c1ccccc1)C(N)=O. The summed E-state index contributed by atoms with van der Waals surface area (Å²) in [5.74, 6) is -11.2. The molecule has 1 aromatic heterocycles. The van der Waals surface area contributed by atoms with Crippen LogP contribution >= 0.6 is 23.2 Å². The first-order valence-corrected chi connectivity index (χ1v) is 23.2. The lowest BCUT2D eigenvalue weighted by Crippen LogP contribution is -2.68. The predicted octanol–water partition coefficient (Wildman–Crippen LogP) is -2.00. The summed E-state index contributed by atoms with van der Waals surface area (Å²) in [5, 5.41) is 63.2. The largest absolute Gasteiger partial charge is 0.370 e. The molecule has 24 N–H and O–H groups in total. The van der Waals surface area contributed by atoms with Gasteiger partial charge < -0.3 is 86.5 Å². The fourth-order valence-electron chi connectivity index (χ4n) is 6.77. The molecule has 5 aromatic rings. The fraction of sp³-hybridized carbons (Fsp3) is 0.149. The minimum absolute atomic E-state index is 0.115. The number of primary amides is 1. The van der Waals surface area contributed by atoms with Crippen LogP contribution in [0.15, 0.2) is 121 Å². The van der Waals surface area contributed by atoms with Crippen molar-refractivity contribution in [3.63, 3.8) is 0 Å². The number of hydrogen-bond donors (Lipinski definition) is 19. The molecule has 0 aliphatic carbocycles. The molecule has 4 aromatic carbocycles. The zero-order chi connectivity index (χ0) is 56.3. The Morgan fingerprint density at radius 1 is 0.519 bits per heavy atom. The molecule has 0 bridgehead atoms. The number of anilines is 1. The van der Waals surface area contributed by atoms with Crippen molar-refractivity contribution in [2.24, 2.45) is 28.7 Å². The van der Waals surface area contributed by atoms with Gasteiger partial charge in [0.15, 0.2) is 48.5 Å². The van der Waals surface area contributed by atoms with Gasteiger partial charge >= 0.3 is 0 Å². The average molecular weight is 1090 g/mol. The van der Waals surface area contributed by atoms with Gasteiger partial charge in [-0.25, -0.2) is 9.97 Å². The quantitative estimate of drug-likeness (QED) is 0.0191. The lowest BCUT2D eigenvalue weighted by Gasteiger charge is -2.30. The van der Waals surface area contributed by atoms with Crippen LogP contribution in [0.4, 0.5) is 5.95 Å². The molecule has 0 aliphatic rings. The van der Waals surface area contributed by atoms with Crippen LogP contribution < -0.4 is 81.4 Å². The monoisotopic (exact) mass is 1090 g/mol. The number of nitrogens with zero attached hydrogens (tertiary/aromatic N) is 3. The van der Waals surface area contributed by atoms with Gasteiger partial charge in [0.05, 0.1) is 11.4 Å². The number of halogens is 2. The summed E-state index contributed by atoms with van der Waals surface area (Å²) in [4.78, 5) is 92.3. The second-order valence-electron chi connectivity index (χ2n) is 16.0. The summed E-state index contributed by atoms with van der Waals surface area (Å²) < 4.78 is 0. The minimum atomic E-state index is -2.14. The number of aliphatic hydroxyl groups excluding tert-OH is 1. The van der Waals surface area contributed by atoms with Crippen molar-refractivity contribution in [1.29, 1.82) is 21.6 Å². The van der Waals surface area contributed by atoms with Gasteiger partial charge in [0, 0.05) is 27.7 Å². The summed E-state index contributed by atoms with van der Waals surface area (Å²) in [6.07, 6.45) is -6.77. The third kappa shape index (κ3) is 17.5. The molecular weight excluding hydrogens is 1040 g/mol. The van der Waals surface area contributed by atoms with Crippen molar-refractivity contribution in [2.45, 2.75) is 36.9 Å². The van der Waals surface area contributed by atoms with Gasteiger partial charge in [-0.2, -0.15) is 0 Å². The number of rotatable bonds is 23. The van der Waals surface area contributed by atoms with Crippen LogP contribution in [-0.4, -0.2) is 112 Å². The highest BCUT2D eigenvalue weighted by molar-refractivity contribution is 6.31. The first kappa shape index (κ1) is 57.8. The van der Waals surface area contributed by atoms with E-state index in [1.165, 1.54) is 29.2 Å². The first-order valence-electron chi connectivity index (χ1n) is 22.4. The van der Waals surface area contributed by atoms with Crippen LogP contribution in [0, 0.1) is 21.6 Å². The van der Waals surface area contributed by atoms with Gasteiger partial charge in [-0.05, 0) is 41.5 Å². The van der Waals surface area contributed by atoms with Crippen LogP contribution in [-0.2, 0) is 28.8 Å². The van der Waals surface area contributed by atoms with Gasteiger partial charge in [-0.1, -0.05) is 120 Å². The molecule has 6 amide bonds. The number of carbonyl (C=O) groups is 6. The molecule has 5 rings (SSSR count). The Morgan fingerprint density at radius 3 is 1.32 bits per heavy atom. The topological polar surface area (TPSA) is 485 Å². The Kier molecular flexibility index (Phi) is 20.5. The van der Waals surface area contributed by atoms with Crippen LogP contribution in [0.5, 0.6) is 0 Å². The number of hydrogen-bond acceptors (Lipinski definition) is 14. The molecular formula is C47H53Cl2N21O7.